The van der Waals surface area contributed by atoms with E-state index in [1.54, 1.807) is 37.4 Å². The summed E-state index contributed by atoms with van der Waals surface area (Å²) < 4.78 is 60.7. The van der Waals surface area contributed by atoms with Crippen LogP contribution in [0.3, 0.4) is 0 Å². The lowest BCUT2D eigenvalue weighted by molar-refractivity contribution is 0.0724. The summed E-state index contributed by atoms with van der Waals surface area (Å²) >= 11 is 6.06. The molecule has 0 aliphatic carbocycles. The minimum atomic E-state index is -4.39. The van der Waals surface area contributed by atoms with Gasteiger partial charge in [0.15, 0.2) is 15.6 Å². The van der Waals surface area contributed by atoms with Gasteiger partial charge < -0.3 is 14.7 Å². The number of nitrogens with zero attached hydrogens (tertiary/aromatic N) is 1. The summed E-state index contributed by atoms with van der Waals surface area (Å²) in [6.45, 7) is 0.750. The van der Waals surface area contributed by atoms with Crippen molar-refractivity contribution in [1.82, 2.24) is 4.90 Å². The van der Waals surface area contributed by atoms with Crippen LogP contribution in [0, 0.1) is 11.6 Å². The van der Waals surface area contributed by atoms with E-state index in [9.17, 15) is 27.1 Å². The monoisotopic (exact) mass is 521 g/mol. The van der Waals surface area contributed by atoms with Gasteiger partial charge >= 0.3 is 0 Å². The summed E-state index contributed by atoms with van der Waals surface area (Å²) in [4.78, 5) is 13.8. The predicted molar refractivity (Wildman–Crippen MR) is 127 cm³/mol. The summed E-state index contributed by atoms with van der Waals surface area (Å²) in [5.41, 5.74) is 0.153. The lowest BCUT2D eigenvalue weighted by atomic mass is 10.0. The molecular weight excluding hydrogens is 500 g/mol. The third-order valence-electron chi connectivity index (χ3n) is 5.94. The Morgan fingerprint density at radius 2 is 1.86 bits per heavy atom. The van der Waals surface area contributed by atoms with Crippen LogP contribution in [0.5, 0.6) is 5.75 Å². The van der Waals surface area contributed by atoms with Crippen molar-refractivity contribution in [1.29, 1.82) is 0 Å². The van der Waals surface area contributed by atoms with Gasteiger partial charge in [-0.1, -0.05) is 41.9 Å². The number of likely N-dealkylation sites (tertiary alicyclic amines) is 1. The molecule has 0 saturated carbocycles. The molecule has 1 atom stereocenters. The van der Waals surface area contributed by atoms with Crippen LogP contribution in [-0.2, 0) is 20.3 Å². The van der Waals surface area contributed by atoms with Gasteiger partial charge in [0.25, 0.3) is 5.91 Å². The van der Waals surface area contributed by atoms with Crippen molar-refractivity contribution >= 4 is 27.3 Å². The largest absolute Gasteiger partial charge is 0.505 e. The number of phenolic OH excluding ortho intramolecular Hbond substituents is 1. The van der Waals surface area contributed by atoms with Gasteiger partial charge in [0.05, 0.1) is 16.9 Å². The molecule has 0 unspecified atom stereocenters. The fraction of sp³-hybridized carbons (Fsp3) is 0.240. The second kappa shape index (κ2) is 9.93. The predicted octanol–water partition coefficient (Wildman–Crippen LogP) is 4.83. The molecule has 0 radical (unpaired) electrons. The van der Waals surface area contributed by atoms with Crippen molar-refractivity contribution in [3.05, 3.63) is 82.4 Å². The maximum atomic E-state index is 14.6. The summed E-state index contributed by atoms with van der Waals surface area (Å²) in [6, 6.07) is 12.3. The topological polar surface area (TPSA) is 83.9 Å². The number of amides is 1. The van der Waals surface area contributed by atoms with Gasteiger partial charge in [0.2, 0.25) is 0 Å². The van der Waals surface area contributed by atoms with Crippen molar-refractivity contribution in [2.24, 2.45) is 0 Å². The van der Waals surface area contributed by atoms with E-state index in [4.69, 9.17) is 16.3 Å². The van der Waals surface area contributed by atoms with Crippen molar-refractivity contribution < 1.29 is 31.8 Å². The molecule has 0 aromatic heterocycles. The van der Waals surface area contributed by atoms with Gasteiger partial charge in [-0.25, -0.2) is 17.2 Å². The molecule has 1 saturated heterocycles. The molecule has 0 bridgehead atoms. The Hall–Kier alpha value is -3.01. The molecule has 1 fully saturated rings. The first-order valence-electron chi connectivity index (χ1n) is 10.7. The smallest absolute Gasteiger partial charge is 0.254 e. The summed E-state index contributed by atoms with van der Waals surface area (Å²) in [5.74, 6) is -3.98. The molecule has 3 aromatic rings. The molecule has 35 heavy (non-hydrogen) atoms. The second-order valence-electron chi connectivity index (χ2n) is 8.25. The standard InChI is InChI=1S/C25H22ClF2NO5S/c1-34-18-7-8-29(13-18)25(31)16-10-20(26)24(30)23(11-16)35(32,33)14-17-9-19(22(28)12-21(17)27)15-5-3-2-4-6-15/h2-6,9-12,18,30H,7-8,13-14H2,1H3/t18-/m1/s1. The van der Waals surface area contributed by atoms with Crippen molar-refractivity contribution in [2.45, 2.75) is 23.2 Å². The fourth-order valence-corrected chi connectivity index (χ4v) is 5.82. The average molecular weight is 522 g/mol. The number of carbonyl (C=O) groups excluding carboxylic acids is 1. The van der Waals surface area contributed by atoms with E-state index in [1.807, 2.05) is 0 Å². The summed E-state index contributed by atoms with van der Waals surface area (Å²) in [6.07, 6.45) is 0.502. The first-order valence-corrected chi connectivity index (χ1v) is 12.7. The van der Waals surface area contributed by atoms with Crippen LogP contribution in [0.2, 0.25) is 5.02 Å². The number of sulfone groups is 1. The zero-order valence-electron chi connectivity index (χ0n) is 18.7. The Morgan fingerprint density at radius 3 is 2.51 bits per heavy atom. The molecule has 1 heterocycles. The van der Waals surface area contributed by atoms with E-state index < -0.39 is 43.8 Å². The first-order chi connectivity index (χ1) is 16.6. The summed E-state index contributed by atoms with van der Waals surface area (Å²) in [7, 11) is -2.85. The van der Waals surface area contributed by atoms with Gasteiger partial charge in [-0.2, -0.15) is 0 Å². The third kappa shape index (κ3) is 5.17. The number of hydrogen-bond acceptors (Lipinski definition) is 5. The molecule has 184 valence electrons. The highest BCUT2D eigenvalue weighted by Crippen LogP contribution is 2.36. The lowest BCUT2D eigenvalue weighted by Crippen LogP contribution is -2.30. The SMILES string of the molecule is CO[C@@H]1CCN(C(=O)c2cc(Cl)c(O)c(S(=O)(=O)Cc3cc(-c4ccccc4)c(F)cc3F)c2)C1. The van der Waals surface area contributed by atoms with Crippen LogP contribution < -0.4 is 0 Å². The van der Waals surface area contributed by atoms with Crippen LogP contribution in [-0.4, -0.2) is 50.6 Å². The maximum Gasteiger partial charge on any atom is 0.254 e. The molecule has 3 aromatic carbocycles. The number of halogens is 3. The number of hydrogen-bond donors (Lipinski definition) is 1. The molecular formula is C25H22ClF2NO5S. The Morgan fingerprint density at radius 1 is 1.14 bits per heavy atom. The normalized spacial score (nSPS) is 16.0. The van der Waals surface area contributed by atoms with E-state index >= 15 is 0 Å². The minimum absolute atomic E-state index is 0.0325. The first kappa shape index (κ1) is 25.1. The number of ether oxygens (including phenoxy) is 1. The Bertz CT molecular complexity index is 1380. The lowest BCUT2D eigenvalue weighted by Gasteiger charge is -2.18. The highest BCUT2D eigenvalue weighted by atomic mass is 35.5. The van der Waals surface area contributed by atoms with Gasteiger partial charge in [-0.05, 0) is 30.2 Å². The quantitative estimate of drug-likeness (QED) is 0.502. The Kier molecular flexibility index (Phi) is 7.12. The molecule has 0 spiro atoms. The van der Waals surface area contributed by atoms with Crippen LogP contribution in [0.4, 0.5) is 8.78 Å². The zero-order valence-corrected chi connectivity index (χ0v) is 20.2. The number of rotatable bonds is 6. The van der Waals surface area contributed by atoms with Crippen LogP contribution in [0.1, 0.15) is 22.3 Å². The van der Waals surface area contributed by atoms with Crippen molar-refractivity contribution in [3.8, 4) is 16.9 Å². The zero-order chi connectivity index (χ0) is 25.3. The highest BCUT2D eigenvalue weighted by molar-refractivity contribution is 7.90. The van der Waals surface area contributed by atoms with E-state index in [0.29, 0.717) is 31.1 Å². The minimum Gasteiger partial charge on any atom is -0.505 e. The number of aromatic hydroxyl groups is 1. The van der Waals surface area contributed by atoms with Crippen LogP contribution in [0.15, 0.2) is 59.5 Å². The maximum absolute atomic E-state index is 14.6. The fourth-order valence-electron chi connectivity index (χ4n) is 4.05. The van der Waals surface area contributed by atoms with Crippen LogP contribution >= 0.6 is 11.6 Å². The van der Waals surface area contributed by atoms with Crippen LogP contribution in [0.25, 0.3) is 11.1 Å². The molecule has 1 aliphatic heterocycles. The van der Waals surface area contributed by atoms with E-state index in [-0.39, 0.29) is 27.8 Å². The Balaban J connectivity index is 1.70. The van der Waals surface area contributed by atoms with E-state index in [2.05, 4.69) is 0 Å². The van der Waals surface area contributed by atoms with Gasteiger partial charge in [-0.3, -0.25) is 4.79 Å². The summed E-state index contributed by atoms with van der Waals surface area (Å²) in [5, 5.41) is 10.1. The average Bonchev–Trinajstić information content (AvgIpc) is 3.32. The number of carbonyl (C=O) groups is 1. The number of phenols is 1. The number of methoxy groups -OCH3 is 1. The number of benzene rings is 3. The van der Waals surface area contributed by atoms with Crippen molar-refractivity contribution in [2.75, 3.05) is 20.2 Å². The van der Waals surface area contributed by atoms with Gasteiger partial charge in [0.1, 0.15) is 16.5 Å². The van der Waals surface area contributed by atoms with E-state index in [1.165, 1.54) is 11.0 Å². The van der Waals surface area contributed by atoms with Crippen molar-refractivity contribution in [3.63, 3.8) is 0 Å². The molecule has 1 amide bonds. The molecule has 6 nitrogen and oxygen atoms in total. The molecule has 1 aliphatic rings. The van der Waals surface area contributed by atoms with Gasteiger partial charge in [0, 0.05) is 43.0 Å². The van der Waals surface area contributed by atoms with Gasteiger partial charge in [-0.15, -0.1) is 0 Å². The highest BCUT2D eigenvalue weighted by Gasteiger charge is 2.30. The second-order valence-corrected chi connectivity index (χ2v) is 10.6. The Labute approximate surface area is 206 Å². The third-order valence-corrected chi connectivity index (χ3v) is 7.90. The van der Waals surface area contributed by atoms with E-state index in [0.717, 1.165) is 12.1 Å². The molecule has 4 rings (SSSR count). The molecule has 1 N–H and O–H groups in total. The molecule has 10 heteroatoms.